The first-order valence-corrected chi connectivity index (χ1v) is 8.30. The van der Waals surface area contributed by atoms with Crippen LogP contribution in [0.2, 0.25) is 0 Å². The third kappa shape index (κ3) is 2.36. The third-order valence-electron chi connectivity index (χ3n) is 4.60. The summed E-state index contributed by atoms with van der Waals surface area (Å²) in [5.41, 5.74) is 3.76. The zero-order chi connectivity index (χ0) is 16.0. The number of allylic oxidation sites excluding steroid dienone is 6. The summed E-state index contributed by atoms with van der Waals surface area (Å²) in [6.45, 7) is 4.19. The molecule has 0 bridgehead atoms. The molecule has 4 rings (SSSR count). The van der Waals surface area contributed by atoms with E-state index in [1.807, 2.05) is 13.0 Å². The number of nitrogens with zero attached hydrogens (tertiary/aromatic N) is 3. The molecule has 1 aromatic carbocycles. The van der Waals surface area contributed by atoms with Crippen molar-refractivity contribution in [2.45, 2.75) is 26.2 Å². The average molecular weight is 324 g/mol. The van der Waals surface area contributed by atoms with Crippen LogP contribution in [-0.4, -0.2) is 14.8 Å². The van der Waals surface area contributed by atoms with Crippen molar-refractivity contribution in [2.75, 3.05) is 0 Å². The van der Waals surface area contributed by atoms with Gasteiger partial charge in [0.2, 0.25) is 0 Å². The van der Waals surface area contributed by atoms with Crippen LogP contribution >= 0.6 is 11.6 Å². The van der Waals surface area contributed by atoms with E-state index in [4.69, 9.17) is 11.6 Å². The van der Waals surface area contributed by atoms with Crippen molar-refractivity contribution in [1.82, 2.24) is 14.8 Å². The fourth-order valence-electron chi connectivity index (χ4n) is 3.47. The van der Waals surface area contributed by atoms with Gasteiger partial charge in [-0.3, -0.25) is 4.57 Å². The lowest BCUT2D eigenvalue weighted by molar-refractivity contribution is 0.797. The Balaban J connectivity index is 1.91. The van der Waals surface area contributed by atoms with Crippen LogP contribution in [0.1, 0.15) is 36.5 Å². The van der Waals surface area contributed by atoms with E-state index in [1.54, 1.807) is 0 Å². The highest BCUT2D eigenvalue weighted by molar-refractivity contribution is 6.31. The van der Waals surface area contributed by atoms with Gasteiger partial charge in [-0.15, -0.1) is 10.2 Å². The maximum absolute atomic E-state index is 6.09. The lowest BCUT2D eigenvalue weighted by Gasteiger charge is -2.20. The van der Waals surface area contributed by atoms with Gasteiger partial charge in [-0.05, 0) is 31.1 Å². The van der Waals surface area contributed by atoms with Crippen LogP contribution in [0.15, 0.2) is 53.6 Å². The van der Waals surface area contributed by atoms with Gasteiger partial charge in [0.15, 0.2) is 0 Å². The van der Waals surface area contributed by atoms with Crippen molar-refractivity contribution >= 4 is 17.2 Å². The number of hydrogen-bond acceptors (Lipinski definition) is 2. The molecule has 0 radical (unpaired) electrons. The molecular formula is C19H18ClN3. The minimum atomic E-state index is 0.216. The second-order valence-electron chi connectivity index (χ2n) is 6.16. The highest BCUT2D eigenvalue weighted by Gasteiger charge is 2.26. The van der Waals surface area contributed by atoms with Crippen LogP contribution in [0.5, 0.6) is 0 Å². The molecule has 1 aromatic heterocycles. The lowest BCUT2D eigenvalue weighted by Crippen LogP contribution is -2.06. The summed E-state index contributed by atoms with van der Waals surface area (Å²) >= 11 is 6.09. The Morgan fingerprint density at radius 1 is 1.22 bits per heavy atom. The zero-order valence-electron chi connectivity index (χ0n) is 13.2. The number of hydrogen-bond donors (Lipinski definition) is 0. The zero-order valence-corrected chi connectivity index (χ0v) is 14.0. The molecule has 0 saturated heterocycles. The van der Waals surface area contributed by atoms with Crippen LogP contribution in [0.4, 0.5) is 0 Å². The van der Waals surface area contributed by atoms with Crippen LogP contribution in [0, 0.1) is 12.8 Å². The number of aryl methyl sites for hydroxylation is 1. The number of benzene rings is 1. The molecule has 0 fully saturated rings. The van der Waals surface area contributed by atoms with Gasteiger partial charge in [0.25, 0.3) is 0 Å². The van der Waals surface area contributed by atoms with Crippen molar-refractivity contribution in [2.24, 2.45) is 5.92 Å². The number of rotatable bonds is 1. The van der Waals surface area contributed by atoms with Crippen molar-refractivity contribution in [3.63, 3.8) is 0 Å². The average Bonchev–Trinajstić information content (AvgIpc) is 2.89. The summed E-state index contributed by atoms with van der Waals surface area (Å²) < 4.78 is 2.18. The summed E-state index contributed by atoms with van der Waals surface area (Å²) in [6, 6.07) is 8.51. The van der Waals surface area contributed by atoms with E-state index >= 15 is 0 Å². The van der Waals surface area contributed by atoms with Crippen LogP contribution in [0.3, 0.4) is 0 Å². The Morgan fingerprint density at radius 3 is 2.83 bits per heavy atom. The summed E-state index contributed by atoms with van der Waals surface area (Å²) in [5, 5.41) is 9.51. The standard InChI is InChI=1S/C19H18ClN3/c1-12-11-17(14-7-9-15(20)10-8-14)16-5-3-4-6-18(16)23-13(2)21-22-19(12)23/h3-7,9-12,14H,8H2,1-2H3. The molecule has 2 atom stereocenters. The Morgan fingerprint density at radius 2 is 2.04 bits per heavy atom. The third-order valence-corrected chi connectivity index (χ3v) is 4.88. The fraction of sp³-hybridized carbons (Fsp3) is 0.263. The van der Waals surface area contributed by atoms with Crippen molar-refractivity contribution in [3.05, 3.63) is 70.8 Å². The summed E-state index contributed by atoms with van der Waals surface area (Å²) in [5.74, 6) is 2.49. The van der Waals surface area contributed by atoms with E-state index in [-0.39, 0.29) is 5.92 Å². The van der Waals surface area contributed by atoms with Gasteiger partial charge in [-0.1, -0.05) is 55.0 Å². The summed E-state index contributed by atoms with van der Waals surface area (Å²) in [4.78, 5) is 0. The van der Waals surface area contributed by atoms with Crippen molar-refractivity contribution < 1.29 is 0 Å². The minimum absolute atomic E-state index is 0.216. The molecule has 2 heterocycles. The van der Waals surface area contributed by atoms with Gasteiger partial charge in [0, 0.05) is 22.4 Å². The molecular weight excluding hydrogens is 306 g/mol. The highest BCUT2D eigenvalue weighted by atomic mass is 35.5. The van der Waals surface area contributed by atoms with Crippen LogP contribution in [-0.2, 0) is 0 Å². The molecule has 2 unspecified atom stereocenters. The first kappa shape index (κ1) is 14.5. The number of halogens is 1. The van der Waals surface area contributed by atoms with Gasteiger partial charge in [-0.2, -0.15) is 0 Å². The van der Waals surface area contributed by atoms with Crippen molar-refractivity contribution in [3.8, 4) is 5.69 Å². The van der Waals surface area contributed by atoms with Gasteiger partial charge in [-0.25, -0.2) is 0 Å². The SMILES string of the molecule is Cc1nnc2n1-c1ccccc1C(C1C=CC(Cl)=CC1)=CC2C. The predicted octanol–water partition coefficient (Wildman–Crippen LogP) is 4.78. The summed E-state index contributed by atoms with van der Waals surface area (Å²) in [7, 11) is 0. The fourth-order valence-corrected chi connectivity index (χ4v) is 3.63. The Bertz CT molecular complexity index is 857. The number of para-hydroxylation sites is 1. The van der Waals surface area contributed by atoms with E-state index in [0.717, 1.165) is 28.8 Å². The second-order valence-corrected chi connectivity index (χ2v) is 6.60. The Labute approximate surface area is 141 Å². The Kier molecular flexibility index (Phi) is 3.46. The quantitative estimate of drug-likeness (QED) is 0.756. The topological polar surface area (TPSA) is 30.7 Å². The van der Waals surface area contributed by atoms with Gasteiger partial charge >= 0.3 is 0 Å². The van der Waals surface area contributed by atoms with Gasteiger partial charge < -0.3 is 0 Å². The van der Waals surface area contributed by atoms with E-state index in [2.05, 4.69) is 64.2 Å². The molecule has 1 aliphatic heterocycles. The molecule has 0 spiro atoms. The monoisotopic (exact) mass is 323 g/mol. The molecule has 2 aliphatic rings. The van der Waals surface area contributed by atoms with Gasteiger partial charge in [0.05, 0.1) is 5.69 Å². The van der Waals surface area contributed by atoms with Crippen LogP contribution in [0.25, 0.3) is 11.3 Å². The maximum atomic E-state index is 6.09. The molecule has 0 saturated carbocycles. The smallest absolute Gasteiger partial charge is 0.144 e. The largest absolute Gasteiger partial charge is 0.282 e. The molecule has 4 heteroatoms. The van der Waals surface area contributed by atoms with E-state index in [9.17, 15) is 0 Å². The molecule has 3 nitrogen and oxygen atoms in total. The molecule has 2 aromatic rings. The Hall–Kier alpha value is -2.13. The number of fused-ring (bicyclic) bond motifs is 3. The van der Waals surface area contributed by atoms with E-state index in [0.29, 0.717) is 5.92 Å². The van der Waals surface area contributed by atoms with E-state index < -0.39 is 0 Å². The molecule has 116 valence electrons. The van der Waals surface area contributed by atoms with Crippen molar-refractivity contribution in [1.29, 1.82) is 0 Å². The molecule has 23 heavy (non-hydrogen) atoms. The molecule has 0 amide bonds. The number of aromatic nitrogens is 3. The van der Waals surface area contributed by atoms with E-state index in [1.165, 1.54) is 11.1 Å². The molecule has 1 aliphatic carbocycles. The predicted molar refractivity (Wildman–Crippen MR) is 93.7 cm³/mol. The summed E-state index contributed by atoms with van der Waals surface area (Å²) in [6.07, 6.45) is 9.56. The van der Waals surface area contributed by atoms with Gasteiger partial charge in [0.1, 0.15) is 11.6 Å². The minimum Gasteiger partial charge on any atom is -0.282 e. The second kappa shape index (κ2) is 5.50. The van der Waals surface area contributed by atoms with Crippen LogP contribution < -0.4 is 0 Å². The maximum Gasteiger partial charge on any atom is 0.144 e. The first-order valence-electron chi connectivity index (χ1n) is 7.92. The molecule has 0 N–H and O–H groups in total. The lowest BCUT2D eigenvalue weighted by atomic mass is 9.85. The first-order chi connectivity index (χ1) is 11.1. The highest BCUT2D eigenvalue weighted by Crippen LogP contribution is 2.39. The normalized spacial score (nSPS) is 22.7.